The Hall–Kier alpha value is -7.67. The number of aromatic carboxylic acids is 1. The molecule has 0 atom stereocenters. The van der Waals surface area contributed by atoms with E-state index in [1.807, 2.05) is 24.3 Å². The number of rotatable bonds is 18. The van der Waals surface area contributed by atoms with Gasteiger partial charge in [0, 0.05) is 95.7 Å². The normalized spacial score (nSPS) is 15.3. The van der Waals surface area contributed by atoms with Crippen LogP contribution >= 0.6 is 34.0 Å². The fourth-order valence-corrected chi connectivity index (χ4v) is 13.4. The van der Waals surface area contributed by atoms with Crippen molar-refractivity contribution in [1.82, 2.24) is 60.5 Å². The summed E-state index contributed by atoms with van der Waals surface area (Å²) in [4.78, 5) is 41.4. The van der Waals surface area contributed by atoms with Gasteiger partial charge in [0.25, 0.3) is 0 Å². The molecule has 1 saturated heterocycles. The molecule has 9 aromatic heterocycles. The summed E-state index contributed by atoms with van der Waals surface area (Å²) in [5, 5.41) is 65.3. The zero-order valence-corrected chi connectivity index (χ0v) is 47.7. The highest BCUT2D eigenvalue weighted by atomic mass is 32.3. The number of nitrogens with one attached hydrogen (secondary N) is 6. The van der Waals surface area contributed by atoms with Crippen LogP contribution in [0.2, 0.25) is 0 Å². The zero-order valence-electron chi connectivity index (χ0n) is 42.8. The van der Waals surface area contributed by atoms with E-state index in [2.05, 4.69) is 81.3 Å². The van der Waals surface area contributed by atoms with E-state index in [9.17, 15) is 40.3 Å². The number of carboxylic acids is 1. The van der Waals surface area contributed by atoms with Gasteiger partial charge in [-0.05, 0) is 87.8 Å². The minimum atomic E-state index is -3.86. The van der Waals surface area contributed by atoms with Gasteiger partial charge in [-0.2, -0.15) is 15.3 Å². The van der Waals surface area contributed by atoms with Gasteiger partial charge < -0.3 is 31.1 Å². The first-order chi connectivity index (χ1) is 39.2. The molecule has 0 bridgehead atoms. The maximum atomic E-state index is 11.6. The van der Waals surface area contributed by atoms with E-state index < -0.39 is 36.0 Å². The molecule has 0 radical (unpaired) electrons. The first-order valence-electron chi connectivity index (χ1n) is 25.3. The lowest BCUT2D eigenvalue weighted by molar-refractivity contribution is 0.0690. The number of anilines is 7. The summed E-state index contributed by atoms with van der Waals surface area (Å²) in [5.74, 6) is 5.21. The summed E-state index contributed by atoms with van der Waals surface area (Å²) < 4.78 is 69.2. The number of thiophene rings is 3. The number of aromatic nitrogens is 12. The van der Waals surface area contributed by atoms with Gasteiger partial charge in [-0.15, -0.1) is 34.0 Å². The summed E-state index contributed by atoms with van der Waals surface area (Å²) in [5.41, 5.74) is 3.41. The molecule has 28 nitrogen and oxygen atoms in total. The molecule has 0 amide bonds. The number of H-pyrrole nitrogens is 3. The lowest BCUT2D eigenvalue weighted by Gasteiger charge is -2.18. The number of hydrogen-bond acceptors (Lipinski definition) is 24. The monoisotopic (exact) mass is 1250 g/mol. The number of nitrogens with two attached hydrogens (primary N) is 3. The van der Waals surface area contributed by atoms with Crippen molar-refractivity contribution in [3.05, 3.63) is 101 Å². The third-order valence-electron chi connectivity index (χ3n) is 12.9. The minimum Gasteiger partial charge on any atom is -0.477 e. The largest absolute Gasteiger partial charge is 0.477 e. The molecule has 444 valence electrons. The number of carboxylic acid groups (broad SMARTS) is 1. The fourth-order valence-electron chi connectivity index (χ4n) is 8.39. The van der Waals surface area contributed by atoms with Crippen LogP contribution < -0.4 is 36.3 Å². The van der Waals surface area contributed by atoms with E-state index >= 15 is 0 Å². The minimum absolute atomic E-state index is 0. The molecule has 13 rings (SSSR count). The average Bonchev–Trinajstić information content (AvgIpc) is 1.67. The van der Waals surface area contributed by atoms with E-state index in [1.165, 1.54) is 56.0 Å². The van der Waals surface area contributed by atoms with Gasteiger partial charge in [-0.25, -0.2) is 75.4 Å². The second kappa shape index (κ2) is 22.9. The Balaban J connectivity index is 0.000000338. The highest BCUT2D eigenvalue weighted by Crippen LogP contribution is 2.42. The quantitative estimate of drug-likeness (QED) is 0.0384. The Morgan fingerprint density at radius 3 is 1.28 bits per heavy atom. The Labute approximate surface area is 491 Å². The summed E-state index contributed by atoms with van der Waals surface area (Å²) >= 11 is 2.91. The van der Waals surface area contributed by atoms with Crippen molar-refractivity contribution in [2.75, 3.05) is 33.9 Å². The third kappa shape index (κ3) is 14.0. The third-order valence-corrected chi connectivity index (χ3v) is 20.4. The van der Waals surface area contributed by atoms with Crippen LogP contribution in [0.5, 0.6) is 0 Å². The predicted molar refractivity (Wildman–Crippen MR) is 323 cm³/mol. The van der Waals surface area contributed by atoms with Crippen LogP contribution in [-0.2, 0) is 36.7 Å². The van der Waals surface area contributed by atoms with Gasteiger partial charge in [-0.3, -0.25) is 15.3 Å². The number of carbonyl (C=O) groups is 1. The molecule has 82 heavy (non-hydrogen) atoms. The Kier molecular flexibility index (Phi) is 15.7. The van der Waals surface area contributed by atoms with Crippen LogP contribution in [0.1, 0.15) is 114 Å². The predicted octanol–water partition coefficient (Wildman–Crippen LogP) is 8.35. The topological polar surface area (TPSA) is 441 Å². The van der Waals surface area contributed by atoms with Crippen molar-refractivity contribution < 1.29 is 51.7 Å². The van der Waals surface area contributed by atoms with Gasteiger partial charge in [0.2, 0.25) is 30.1 Å². The number of nitrogens with zero attached hydrogens (tertiary/aromatic N) is 10. The molecule has 3 aliphatic carbocycles. The van der Waals surface area contributed by atoms with Crippen LogP contribution in [0.4, 0.5) is 40.7 Å². The Morgan fingerprint density at radius 2 is 0.915 bits per heavy atom. The van der Waals surface area contributed by atoms with E-state index in [4.69, 9.17) is 15.4 Å². The number of sulfonamides is 3. The van der Waals surface area contributed by atoms with Crippen LogP contribution in [0.15, 0.2) is 85.4 Å². The molecule has 0 spiro atoms. The van der Waals surface area contributed by atoms with Gasteiger partial charge >= 0.3 is 5.97 Å². The molecule has 4 fully saturated rings. The Bertz CT molecular complexity index is 4220. The highest BCUT2D eigenvalue weighted by molar-refractivity contribution is 7.92. The van der Waals surface area contributed by atoms with E-state index in [-0.39, 0.29) is 48.0 Å². The molecule has 9 aromatic rings. The highest BCUT2D eigenvalue weighted by Gasteiger charge is 2.28. The first-order valence-corrected chi connectivity index (χ1v) is 32.4. The van der Waals surface area contributed by atoms with Gasteiger partial charge in [0.05, 0.1) is 26.9 Å². The molecule has 10 heterocycles. The maximum absolute atomic E-state index is 11.6. The lowest BCUT2D eigenvalue weighted by Crippen LogP contribution is -2.19. The second-order valence-electron chi connectivity index (χ2n) is 19.4. The Morgan fingerprint density at radius 1 is 0.537 bits per heavy atom. The number of aliphatic hydroxyl groups is 1. The van der Waals surface area contributed by atoms with Crippen molar-refractivity contribution in [1.29, 1.82) is 0 Å². The summed E-state index contributed by atoms with van der Waals surface area (Å²) in [7, 11) is -11.4. The van der Waals surface area contributed by atoms with Crippen molar-refractivity contribution in [3.63, 3.8) is 0 Å². The van der Waals surface area contributed by atoms with E-state index in [1.54, 1.807) is 18.2 Å². The lowest BCUT2D eigenvalue weighted by atomic mass is 10.3. The van der Waals surface area contributed by atoms with Crippen LogP contribution in [0.3, 0.4) is 0 Å². The second-order valence-corrected chi connectivity index (χ2v) is 28.1. The van der Waals surface area contributed by atoms with E-state index in [0.29, 0.717) is 78.8 Å². The number of aromatic amines is 3. The van der Waals surface area contributed by atoms with Crippen molar-refractivity contribution in [2.45, 2.75) is 88.4 Å². The SMILES string of the molecule is NS(=O)(=O)c1ccc(-c2nc(CO)cc(Nc3cc(C4CC4)[nH]n3)n2)s1.NS(=O)(=O)c1ccc(-c2nc(Nc3cc(C4CC4)[nH]n3)cc(C(=O)O)n2)s1.NS(=O)(=O)c1ccc(-c2nc(Nc3cc(C4CC4)[nH]n3)cc(N3CCCC3)n2)s1.[HH].[HH].[HH].[HH].[HH].[HH].[HH].[HH]. The smallest absolute Gasteiger partial charge is 0.354 e. The summed E-state index contributed by atoms with van der Waals surface area (Å²) in [6.45, 7) is 1.61. The number of primary sulfonamides is 3. The fraction of sp³-hybridized carbons (Fsp3) is 0.292. The van der Waals surface area contributed by atoms with Gasteiger partial charge in [-0.1, -0.05) is 0 Å². The molecule has 3 saturated carbocycles. The van der Waals surface area contributed by atoms with Crippen LogP contribution in [-0.4, -0.2) is 115 Å². The van der Waals surface area contributed by atoms with Crippen molar-refractivity contribution >= 4 is 111 Å². The summed E-state index contributed by atoms with van der Waals surface area (Å²) in [6, 6.07) is 19.6. The standard InChI is InChI=1S/C18H21N7O2S2.C15H14N6O4S2.C15H16N6O3S2.8H2/c19-29(26,27)17-6-5-13(28-17)18-21-14(10-16(22-18)25-7-1-2-8-25)20-15-9-12(23-24-15)11-3-4-11;16-27(24,25)13-4-3-10(26-13)14-17-9(15(22)23)6-11(19-14)18-12-5-8(20-21-12)7-1-2-7;16-26(23,24)14-4-3-11(25-14)15-17-9(7-22)5-12(19-15)18-13-6-10(20-21-13)8-1-2-8;;;;;;;;/h5-6,9-11H,1-4,7-8H2,(H2,19,26,27)(H2,20,21,22,23,24);3-7H,1-2H2,(H,22,23)(H2,16,24,25)(H2,17,18,19,20,21);3-6,8,22H,1-2,7H2,(H2,16,23,24)(H2,17,18,19,20,21);8*1H. The number of hydrogen-bond donors (Lipinski definition) is 11. The maximum Gasteiger partial charge on any atom is 0.354 e. The average molecular weight is 1250 g/mol. The summed E-state index contributed by atoms with van der Waals surface area (Å²) in [6.07, 6.45) is 9.21. The van der Waals surface area contributed by atoms with Gasteiger partial charge in [0.1, 0.15) is 35.9 Å². The van der Waals surface area contributed by atoms with Gasteiger partial charge in [0.15, 0.2) is 40.6 Å². The molecule has 34 heteroatoms. The van der Waals surface area contributed by atoms with Crippen LogP contribution in [0.25, 0.3) is 32.1 Å². The molecule has 4 aliphatic rings. The molecule has 0 unspecified atom stereocenters. The van der Waals surface area contributed by atoms with Crippen molar-refractivity contribution in [3.8, 4) is 32.1 Å². The zero-order chi connectivity index (χ0) is 57.5. The van der Waals surface area contributed by atoms with E-state index in [0.717, 1.165) is 95.7 Å². The molecule has 14 N–H and O–H groups in total. The molecular weight excluding hydrogens is 1180 g/mol. The molecule has 1 aliphatic heterocycles. The van der Waals surface area contributed by atoms with Crippen molar-refractivity contribution in [2.24, 2.45) is 15.4 Å². The first kappa shape index (κ1) is 56.2. The molecule has 0 aromatic carbocycles. The molecular formula is C48H67N19O9S6. The van der Waals surface area contributed by atoms with Crippen LogP contribution in [0, 0.1) is 0 Å². The number of aliphatic hydroxyl groups excluding tert-OH is 1.